The van der Waals surface area contributed by atoms with Crippen molar-refractivity contribution in [1.29, 1.82) is 0 Å². The highest BCUT2D eigenvalue weighted by molar-refractivity contribution is 5.95. The van der Waals surface area contributed by atoms with Gasteiger partial charge in [-0.05, 0) is 24.8 Å². The number of aliphatic carboxylic acids is 1. The topological polar surface area (TPSA) is 83.4 Å². The summed E-state index contributed by atoms with van der Waals surface area (Å²) in [5, 5.41) is 16.0. The summed E-state index contributed by atoms with van der Waals surface area (Å²) in [6.07, 6.45) is 4.91. The molecule has 1 saturated carbocycles. The van der Waals surface area contributed by atoms with Gasteiger partial charge in [-0.1, -0.05) is 0 Å². The first-order valence-corrected chi connectivity index (χ1v) is 5.44. The largest absolute Gasteiger partial charge is 0.480 e. The molecule has 0 radical (unpaired) electrons. The van der Waals surface area contributed by atoms with Gasteiger partial charge in [-0.3, -0.25) is 9.59 Å². The van der Waals surface area contributed by atoms with Gasteiger partial charge < -0.3 is 10.0 Å². The lowest BCUT2D eigenvalue weighted by atomic mass is 10.2. The molecule has 1 aliphatic carbocycles. The lowest BCUT2D eigenvalue weighted by molar-refractivity contribution is -0.137. The first-order valence-electron chi connectivity index (χ1n) is 5.44. The summed E-state index contributed by atoms with van der Waals surface area (Å²) in [5.41, 5.74) is 0.377. The van der Waals surface area contributed by atoms with E-state index in [2.05, 4.69) is 10.2 Å². The molecule has 1 aromatic rings. The molecule has 0 aliphatic heterocycles. The van der Waals surface area contributed by atoms with Crippen molar-refractivity contribution < 1.29 is 14.7 Å². The zero-order chi connectivity index (χ0) is 12.3. The number of hydrogen-bond acceptors (Lipinski definition) is 4. The minimum Gasteiger partial charge on any atom is -0.480 e. The molecule has 2 rings (SSSR count). The molecule has 1 heterocycles. The Bertz CT molecular complexity index is 417. The van der Waals surface area contributed by atoms with Gasteiger partial charge >= 0.3 is 5.97 Å². The smallest absolute Gasteiger partial charge is 0.323 e. The number of aromatic nitrogens is 2. The Morgan fingerprint density at radius 3 is 2.71 bits per heavy atom. The maximum Gasteiger partial charge on any atom is 0.323 e. The third-order valence-corrected chi connectivity index (χ3v) is 2.62. The summed E-state index contributed by atoms with van der Waals surface area (Å²) in [6, 6.07) is 1.54. The van der Waals surface area contributed by atoms with Gasteiger partial charge in [0.2, 0.25) is 0 Å². The average molecular weight is 235 g/mol. The van der Waals surface area contributed by atoms with Gasteiger partial charge in [0.05, 0.1) is 18.0 Å². The Balaban J connectivity index is 2.08. The van der Waals surface area contributed by atoms with E-state index in [0.29, 0.717) is 18.0 Å². The molecule has 0 atom stereocenters. The fourth-order valence-corrected chi connectivity index (χ4v) is 1.59. The molecule has 1 aromatic heterocycles. The second-order valence-electron chi connectivity index (χ2n) is 4.15. The van der Waals surface area contributed by atoms with Gasteiger partial charge in [0.1, 0.15) is 6.54 Å². The number of amides is 1. The van der Waals surface area contributed by atoms with Gasteiger partial charge in [0.15, 0.2) is 0 Å². The summed E-state index contributed by atoms with van der Waals surface area (Å²) in [4.78, 5) is 24.1. The Morgan fingerprint density at radius 2 is 2.18 bits per heavy atom. The molecule has 1 amide bonds. The van der Waals surface area contributed by atoms with Crippen molar-refractivity contribution in [2.24, 2.45) is 5.92 Å². The van der Waals surface area contributed by atoms with E-state index in [1.54, 1.807) is 0 Å². The molecule has 1 N–H and O–H groups in total. The number of carbonyl (C=O) groups excluding carboxylic acids is 1. The van der Waals surface area contributed by atoms with Gasteiger partial charge in [-0.2, -0.15) is 10.2 Å². The van der Waals surface area contributed by atoms with Crippen molar-refractivity contribution in [2.75, 3.05) is 13.1 Å². The van der Waals surface area contributed by atoms with Crippen LogP contribution in [0.3, 0.4) is 0 Å². The zero-order valence-electron chi connectivity index (χ0n) is 9.24. The molecule has 90 valence electrons. The maximum absolute atomic E-state index is 12.0. The first kappa shape index (κ1) is 11.5. The van der Waals surface area contributed by atoms with Gasteiger partial charge in [0, 0.05) is 6.54 Å². The van der Waals surface area contributed by atoms with Crippen LogP contribution in [0.4, 0.5) is 0 Å². The fourth-order valence-electron chi connectivity index (χ4n) is 1.59. The number of carboxylic acid groups (broad SMARTS) is 1. The molecule has 6 heteroatoms. The predicted octanol–water partition coefficient (Wildman–Crippen LogP) is 0.413. The van der Waals surface area contributed by atoms with Crippen LogP contribution in [-0.2, 0) is 4.79 Å². The van der Waals surface area contributed by atoms with Crippen molar-refractivity contribution in [3.63, 3.8) is 0 Å². The lowest BCUT2D eigenvalue weighted by Gasteiger charge is -2.20. The summed E-state index contributed by atoms with van der Waals surface area (Å²) >= 11 is 0. The molecule has 1 aliphatic rings. The SMILES string of the molecule is O=C(O)CN(CC1CC1)C(=O)c1ccnnc1. The van der Waals surface area contributed by atoms with E-state index >= 15 is 0 Å². The van der Waals surface area contributed by atoms with Gasteiger partial charge in [-0.15, -0.1) is 0 Å². The van der Waals surface area contributed by atoms with E-state index in [1.165, 1.54) is 23.4 Å². The van der Waals surface area contributed by atoms with Crippen molar-refractivity contribution in [1.82, 2.24) is 15.1 Å². The third-order valence-electron chi connectivity index (χ3n) is 2.62. The van der Waals surface area contributed by atoms with E-state index in [-0.39, 0.29) is 12.5 Å². The summed E-state index contributed by atoms with van der Waals surface area (Å²) in [5.74, 6) is -0.844. The van der Waals surface area contributed by atoms with Gasteiger partial charge in [0.25, 0.3) is 5.91 Å². The second kappa shape index (κ2) is 4.90. The number of rotatable bonds is 5. The molecule has 0 saturated heterocycles. The molecular formula is C11H13N3O3. The predicted molar refractivity (Wildman–Crippen MR) is 58.3 cm³/mol. The van der Waals surface area contributed by atoms with E-state index in [0.717, 1.165) is 12.8 Å². The Hall–Kier alpha value is -1.98. The summed E-state index contributed by atoms with van der Waals surface area (Å²) in [6.45, 7) is 0.241. The molecule has 0 spiro atoms. The highest BCUT2D eigenvalue weighted by Gasteiger charge is 2.28. The van der Waals surface area contributed by atoms with Crippen LogP contribution in [-0.4, -0.2) is 45.2 Å². The van der Waals surface area contributed by atoms with Crippen LogP contribution in [0.5, 0.6) is 0 Å². The number of hydrogen-bond donors (Lipinski definition) is 1. The van der Waals surface area contributed by atoms with Crippen molar-refractivity contribution in [3.8, 4) is 0 Å². The van der Waals surface area contributed by atoms with Crippen molar-refractivity contribution in [3.05, 3.63) is 24.0 Å². The summed E-state index contributed by atoms with van der Waals surface area (Å²) in [7, 11) is 0. The highest BCUT2D eigenvalue weighted by Crippen LogP contribution is 2.30. The van der Waals surface area contributed by atoms with Crippen molar-refractivity contribution >= 4 is 11.9 Å². The second-order valence-corrected chi connectivity index (χ2v) is 4.15. The van der Waals surface area contributed by atoms with Crippen LogP contribution in [0.1, 0.15) is 23.2 Å². The number of nitrogens with zero attached hydrogens (tertiary/aromatic N) is 3. The van der Waals surface area contributed by atoms with E-state index in [4.69, 9.17) is 5.11 Å². The van der Waals surface area contributed by atoms with E-state index in [1.807, 2.05) is 0 Å². The molecule has 6 nitrogen and oxygen atoms in total. The van der Waals surface area contributed by atoms with Crippen LogP contribution in [0, 0.1) is 5.92 Å². The Labute approximate surface area is 98.3 Å². The first-order chi connectivity index (χ1) is 8.16. The number of carboxylic acids is 1. The van der Waals surface area contributed by atoms with Gasteiger partial charge in [-0.25, -0.2) is 0 Å². The van der Waals surface area contributed by atoms with Crippen LogP contribution < -0.4 is 0 Å². The van der Waals surface area contributed by atoms with E-state index < -0.39 is 5.97 Å². The Morgan fingerprint density at radius 1 is 1.41 bits per heavy atom. The average Bonchev–Trinajstić information content (AvgIpc) is 3.12. The monoisotopic (exact) mass is 235 g/mol. The fraction of sp³-hybridized carbons (Fsp3) is 0.455. The standard InChI is InChI=1S/C11H13N3O3/c15-10(16)7-14(6-8-1-2-8)11(17)9-3-4-12-13-5-9/h3-5,8H,1-2,6-7H2,(H,15,16). The Kier molecular flexibility index (Phi) is 3.32. The quantitative estimate of drug-likeness (QED) is 0.799. The molecular weight excluding hydrogens is 222 g/mol. The molecule has 1 fully saturated rings. The number of carbonyl (C=O) groups is 2. The zero-order valence-corrected chi connectivity index (χ0v) is 9.24. The minimum absolute atomic E-state index is 0.266. The maximum atomic E-state index is 12.0. The molecule has 0 bridgehead atoms. The lowest BCUT2D eigenvalue weighted by Crippen LogP contribution is -2.37. The normalized spacial score (nSPS) is 14.4. The summed E-state index contributed by atoms with van der Waals surface area (Å²) < 4.78 is 0. The minimum atomic E-state index is -0.999. The molecule has 0 aromatic carbocycles. The van der Waals surface area contributed by atoms with Crippen LogP contribution in [0.25, 0.3) is 0 Å². The van der Waals surface area contributed by atoms with Crippen LogP contribution in [0.15, 0.2) is 18.5 Å². The molecule has 0 unspecified atom stereocenters. The van der Waals surface area contributed by atoms with Crippen LogP contribution in [0.2, 0.25) is 0 Å². The van der Waals surface area contributed by atoms with Crippen LogP contribution >= 0.6 is 0 Å². The molecule has 17 heavy (non-hydrogen) atoms. The van der Waals surface area contributed by atoms with Crippen molar-refractivity contribution in [2.45, 2.75) is 12.8 Å². The third kappa shape index (κ3) is 3.24. The van der Waals surface area contributed by atoms with E-state index in [9.17, 15) is 9.59 Å². The highest BCUT2D eigenvalue weighted by atomic mass is 16.4.